The van der Waals surface area contributed by atoms with Crippen LogP contribution in [-0.4, -0.2) is 16.0 Å². The highest BCUT2D eigenvalue weighted by molar-refractivity contribution is 6.30. The van der Waals surface area contributed by atoms with Crippen LogP contribution < -0.4 is 5.32 Å². The Kier molecular flexibility index (Phi) is 4.59. The number of nitrogens with zero attached hydrogens (tertiary/aromatic N) is 2. The van der Waals surface area contributed by atoms with Crippen LogP contribution in [0.4, 0.5) is 5.82 Å². The molecule has 0 fully saturated rings. The van der Waals surface area contributed by atoms with E-state index in [-0.39, 0.29) is 11.5 Å². The summed E-state index contributed by atoms with van der Waals surface area (Å²) < 4.78 is 0. The van der Waals surface area contributed by atoms with Crippen molar-refractivity contribution >= 4 is 17.4 Å². The van der Waals surface area contributed by atoms with Crippen molar-refractivity contribution in [3.63, 3.8) is 0 Å². The molecule has 0 aliphatic rings. The highest BCUT2D eigenvalue weighted by Gasteiger charge is 2.21. The van der Waals surface area contributed by atoms with E-state index in [0.717, 1.165) is 17.8 Å². The van der Waals surface area contributed by atoms with E-state index in [0.29, 0.717) is 11.0 Å². The lowest BCUT2D eigenvalue weighted by molar-refractivity contribution is 0.545. The average molecular weight is 266 g/mol. The third-order valence-corrected chi connectivity index (χ3v) is 3.05. The summed E-state index contributed by atoms with van der Waals surface area (Å²) in [6, 6.07) is -0.0394. The molecule has 0 bridgehead atoms. The topological polar surface area (TPSA) is 37.8 Å². The number of hydrogen-bond donors (Lipinski definition) is 1. The SMILES string of the molecule is C#CC(CC)Nc1nc(C(C)(C)C)nc(Cl)c1C. The van der Waals surface area contributed by atoms with E-state index in [1.165, 1.54) is 0 Å². The molecule has 1 aromatic heterocycles. The first-order valence-corrected chi connectivity index (χ1v) is 6.44. The van der Waals surface area contributed by atoms with Gasteiger partial charge < -0.3 is 5.32 Å². The van der Waals surface area contributed by atoms with Gasteiger partial charge in [0.05, 0.1) is 6.04 Å². The number of anilines is 1. The van der Waals surface area contributed by atoms with E-state index in [2.05, 4.69) is 42.0 Å². The average Bonchev–Trinajstić information content (AvgIpc) is 2.29. The van der Waals surface area contributed by atoms with Crippen molar-refractivity contribution in [2.24, 2.45) is 0 Å². The van der Waals surface area contributed by atoms with Gasteiger partial charge in [0.2, 0.25) is 0 Å². The summed E-state index contributed by atoms with van der Waals surface area (Å²) in [6.07, 6.45) is 6.29. The third-order valence-electron chi connectivity index (χ3n) is 2.68. The predicted octanol–water partition coefficient (Wildman–Crippen LogP) is 3.56. The highest BCUT2D eigenvalue weighted by Crippen LogP contribution is 2.26. The van der Waals surface area contributed by atoms with Gasteiger partial charge in [0.1, 0.15) is 16.8 Å². The van der Waals surface area contributed by atoms with Crippen LogP contribution in [0.25, 0.3) is 0 Å². The molecule has 1 unspecified atom stereocenters. The van der Waals surface area contributed by atoms with Gasteiger partial charge in [0.15, 0.2) is 0 Å². The first kappa shape index (κ1) is 14.8. The van der Waals surface area contributed by atoms with Crippen molar-refractivity contribution in [3.8, 4) is 12.3 Å². The van der Waals surface area contributed by atoms with Crippen LogP contribution in [0.15, 0.2) is 0 Å². The van der Waals surface area contributed by atoms with Crippen LogP contribution in [0.5, 0.6) is 0 Å². The van der Waals surface area contributed by atoms with E-state index >= 15 is 0 Å². The molecule has 0 aromatic carbocycles. The molecule has 1 atom stereocenters. The fourth-order valence-corrected chi connectivity index (χ4v) is 1.56. The number of hydrogen-bond acceptors (Lipinski definition) is 3. The van der Waals surface area contributed by atoms with Crippen molar-refractivity contribution < 1.29 is 0 Å². The molecule has 0 saturated heterocycles. The second-order valence-corrected chi connectivity index (χ2v) is 5.69. The predicted molar refractivity (Wildman–Crippen MR) is 77.0 cm³/mol. The lowest BCUT2D eigenvalue weighted by atomic mass is 9.95. The second-order valence-electron chi connectivity index (χ2n) is 5.33. The summed E-state index contributed by atoms with van der Waals surface area (Å²) in [5, 5.41) is 3.70. The number of aromatic nitrogens is 2. The minimum atomic E-state index is -0.147. The molecule has 0 aliphatic heterocycles. The van der Waals surface area contributed by atoms with E-state index in [4.69, 9.17) is 18.0 Å². The molecular formula is C14H20ClN3. The molecule has 1 heterocycles. The molecule has 0 radical (unpaired) electrons. The smallest absolute Gasteiger partial charge is 0.137 e. The Balaban J connectivity index is 3.19. The quantitative estimate of drug-likeness (QED) is 0.671. The number of halogens is 1. The normalized spacial score (nSPS) is 12.9. The Bertz CT molecular complexity index is 469. The molecule has 0 saturated carbocycles. The molecule has 3 nitrogen and oxygen atoms in total. The summed E-state index contributed by atoms with van der Waals surface area (Å²) in [6.45, 7) is 10.1. The van der Waals surface area contributed by atoms with Gasteiger partial charge in [0, 0.05) is 11.0 Å². The zero-order chi connectivity index (χ0) is 13.9. The van der Waals surface area contributed by atoms with Gasteiger partial charge in [-0.15, -0.1) is 6.42 Å². The van der Waals surface area contributed by atoms with Crippen LogP contribution >= 0.6 is 11.6 Å². The van der Waals surface area contributed by atoms with E-state index in [1.807, 2.05) is 13.8 Å². The molecule has 1 rings (SSSR count). The van der Waals surface area contributed by atoms with Crippen LogP contribution in [-0.2, 0) is 5.41 Å². The molecule has 18 heavy (non-hydrogen) atoms. The van der Waals surface area contributed by atoms with Crippen molar-refractivity contribution in [2.75, 3.05) is 5.32 Å². The Morgan fingerprint density at radius 1 is 1.39 bits per heavy atom. The minimum absolute atomic E-state index is 0.0394. The fraction of sp³-hybridized carbons (Fsp3) is 0.571. The van der Waals surface area contributed by atoms with Gasteiger partial charge in [-0.05, 0) is 13.3 Å². The second kappa shape index (κ2) is 5.58. The van der Waals surface area contributed by atoms with Crippen molar-refractivity contribution in [1.82, 2.24) is 9.97 Å². The first-order valence-electron chi connectivity index (χ1n) is 6.06. The summed E-state index contributed by atoms with van der Waals surface area (Å²) in [5.41, 5.74) is 0.685. The fourth-order valence-electron chi connectivity index (χ4n) is 1.39. The molecule has 4 heteroatoms. The lowest BCUT2D eigenvalue weighted by Gasteiger charge is -2.20. The van der Waals surface area contributed by atoms with Gasteiger partial charge in [0.25, 0.3) is 0 Å². The highest BCUT2D eigenvalue weighted by atomic mass is 35.5. The van der Waals surface area contributed by atoms with Gasteiger partial charge in [-0.2, -0.15) is 0 Å². The standard InChI is InChI=1S/C14H20ClN3/c1-7-10(8-2)16-12-9(3)11(15)17-13(18-12)14(4,5)6/h1,10H,8H2,2-6H3,(H,16,17,18). The van der Waals surface area contributed by atoms with Crippen molar-refractivity contribution in [2.45, 2.75) is 52.5 Å². The van der Waals surface area contributed by atoms with Gasteiger partial charge in [-0.1, -0.05) is 45.2 Å². The molecule has 0 aliphatic carbocycles. The summed E-state index contributed by atoms with van der Waals surface area (Å²) in [5.74, 6) is 4.13. The summed E-state index contributed by atoms with van der Waals surface area (Å²) >= 11 is 6.15. The van der Waals surface area contributed by atoms with Gasteiger partial charge >= 0.3 is 0 Å². The summed E-state index contributed by atoms with van der Waals surface area (Å²) in [7, 11) is 0. The van der Waals surface area contributed by atoms with Crippen LogP contribution in [0, 0.1) is 19.3 Å². The lowest BCUT2D eigenvalue weighted by Crippen LogP contribution is -2.22. The van der Waals surface area contributed by atoms with Gasteiger partial charge in [-0.3, -0.25) is 0 Å². The van der Waals surface area contributed by atoms with E-state index in [9.17, 15) is 0 Å². The maximum atomic E-state index is 6.15. The third kappa shape index (κ3) is 3.36. The van der Waals surface area contributed by atoms with Gasteiger partial charge in [-0.25, -0.2) is 9.97 Å². The largest absolute Gasteiger partial charge is 0.356 e. The zero-order valence-corrected chi connectivity index (χ0v) is 12.4. The molecule has 98 valence electrons. The Hall–Kier alpha value is -1.27. The zero-order valence-electron chi connectivity index (χ0n) is 11.6. The Morgan fingerprint density at radius 3 is 2.44 bits per heavy atom. The molecule has 0 amide bonds. The molecule has 0 spiro atoms. The van der Waals surface area contributed by atoms with E-state index in [1.54, 1.807) is 0 Å². The monoisotopic (exact) mass is 265 g/mol. The summed E-state index contributed by atoms with van der Waals surface area (Å²) in [4.78, 5) is 8.86. The van der Waals surface area contributed by atoms with Crippen molar-refractivity contribution in [1.29, 1.82) is 0 Å². The van der Waals surface area contributed by atoms with Crippen LogP contribution in [0.2, 0.25) is 5.15 Å². The molecular weight excluding hydrogens is 246 g/mol. The Morgan fingerprint density at radius 2 is 2.00 bits per heavy atom. The van der Waals surface area contributed by atoms with Crippen LogP contribution in [0.1, 0.15) is 45.5 Å². The maximum Gasteiger partial charge on any atom is 0.137 e. The number of terminal acetylenes is 1. The minimum Gasteiger partial charge on any atom is -0.356 e. The number of rotatable bonds is 3. The number of nitrogens with one attached hydrogen (secondary N) is 1. The van der Waals surface area contributed by atoms with Crippen molar-refractivity contribution in [3.05, 3.63) is 16.5 Å². The molecule has 1 N–H and O–H groups in total. The first-order chi connectivity index (χ1) is 8.29. The maximum absolute atomic E-state index is 6.15. The molecule has 1 aromatic rings. The Labute approximate surface area is 114 Å². The van der Waals surface area contributed by atoms with Crippen LogP contribution in [0.3, 0.4) is 0 Å². The van der Waals surface area contributed by atoms with E-state index < -0.39 is 0 Å².